The van der Waals surface area contributed by atoms with E-state index in [4.69, 9.17) is 4.74 Å². The summed E-state index contributed by atoms with van der Waals surface area (Å²) in [6, 6.07) is 17.4. The van der Waals surface area contributed by atoms with Crippen LogP contribution < -0.4 is 4.74 Å². The molecule has 0 unspecified atom stereocenters. The Morgan fingerprint density at radius 1 is 0.913 bits per heavy atom. The van der Waals surface area contributed by atoms with Gasteiger partial charge < -0.3 is 4.74 Å². The largest absolute Gasteiger partial charge is 0.494 e. The second kappa shape index (κ2) is 6.82. The quantitative estimate of drug-likeness (QED) is 0.562. The number of ether oxygens (including phenoxy) is 1. The van der Waals surface area contributed by atoms with Gasteiger partial charge in [-0.05, 0) is 42.0 Å². The summed E-state index contributed by atoms with van der Waals surface area (Å²) in [5, 5.41) is 1.64. The van der Waals surface area contributed by atoms with E-state index in [2.05, 4.69) is 13.0 Å². The Balaban J connectivity index is 2.01. The number of benzene rings is 3. The van der Waals surface area contributed by atoms with Crippen molar-refractivity contribution < 1.29 is 9.13 Å². The van der Waals surface area contributed by atoms with Crippen molar-refractivity contribution in [2.75, 3.05) is 6.61 Å². The van der Waals surface area contributed by atoms with Gasteiger partial charge in [-0.25, -0.2) is 4.39 Å². The summed E-state index contributed by atoms with van der Waals surface area (Å²) in [5.41, 5.74) is 2.75. The summed E-state index contributed by atoms with van der Waals surface area (Å²) in [5.74, 6) is 0.649. The third-order valence-corrected chi connectivity index (χ3v) is 4.03. The van der Waals surface area contributed by atoms with Gasteiger partial charge in [-0.1, -0.05) is 55.8 Å². The molecule has 0 fully saturated rings. The van der Waals surface area contributed by atoms with E-state index in [0.29, 0.717) is 17.6 Å². The molecule has 0 aromatic heterocycles. The first kappa shape index (κ1) is 15.5. The SMILES string of the molecule is CCCc1ccc2c(F)c(-c3ccc(OCC)cc3)ccc2c1. The minimum atomic E-state index is -0.158. The Hall–Kier alpha value is -2.35. The summed E-state index contributed by atoms with van der Waals surface area (Å²) in [6.45, 7) is 4.73. The minimum absolute atomic E-state index is 0.158. The Bertz CT molecular complexity index is 806. The molecule has 2 heteroatoms. The molecule has 0 aliphatic rings. The zero-order valence-electron chi connectivity index (χ0n) is 13.6. The molecule has 0 N–H and O–H groups in total. The van der Waals surface area contributed by atoms with Crippen molar-refractivity contribution in [1.29, 1.82) is 0 Å². The standard InChI is InChI=1S/C21H21FO/c1-3-5-15-6-12-20-17(14-15)9-13-19(21(20)22)16-7-10-18(11-8-16)23-4-2/h6-14H,3-5H2,1-2H3. The third kappa shape index (κ3) is 3.21. The highest BCUT2D eigenvalue weighted by atomic mass is 19.1. The van der Waals surface area contributed by atoms with Gasteiger partial charge in [0.05, 0.1) is 6.61 Å². The molecule has 0 bridgehead atoms. The van der Waals surface area contributed by atoms with Crippen LogP contribution in [0.1, 0.15) is 25.8 Å². The first-order chi connectivity index (χ1) is 11.2. The van der Waals surface area contributed by atoms with E-state index < -0.39 is 0 Å². The molecule has 0 spiro atoms. The van der Waals surface area contributed by atoms with Gasteiger partial charge in [0.1, 0.15) is 11.6 Å². The Morgan fingerprint density at radius 3 is 2.39 bits per heavy atom. The predicted octanol–water partition coefficient (Wildman–Crippen LogP) is 6.00. The molecule has 23 heavy (non-hydrogen) atoms. The van der Waals surface area contributed by atoms with Crippen LogP contribution in [-0.4, -0.2) is 6.61 Å². The van der Waals surface area contributed by atoms with Gasteiger partial charge in [0.15, 0.2) is 0 Å². The summed E-state index contributed by atoms with van der Waals surface area (Å²) in [4.78, 5) is 0. The lowest BCUT2D eigenvalue weighted by Crippen LogP contribution is -1.92. The number of rotatable bonds is 5. The van der Waals surface area contributed by atoms with Gasteiger partial charge in [-0.2, -0.15) is 0 Å². The Kier molecular flexibility index (Phi) is 4.61. The zero-order valence-corrected chi connectivity index (χ0v) is 13.6. The van der Waals surface area contributed by atoms with Crippen molar-refractivity contribution in [1.82, 2.24) is 0 Å². The lowest BCUT2D eigenvalue weighted by atomic mass is 9.98. The van der Waals surface area contributed by atoms with Crippen LogP contribution in [0.15, 0.2) is 54.6 Å². The first-order valence-electron chi connectivity index (χ1n) is 8.17. The second-order valence-corrected chi connectivity index (χ2v) is 5.69. The average molecular weight is 308 g/mol. The topological polar surface area (TPSA) is 9.23 Å². The van der Waals surface area contributed by atoms with E-state index in [1.807, 2.05) is 55.5 Å². The van der Waals surface area contributed by atoms with E-state index in [-0.39, 0.29) is 5.82 Å². The molecular formula is C21H21FO. The van der Waals surface area contributed by atoms with Gasteiger partial charge in [0, 0.05) is 10.9 Å². The molecule has 0 aliphatic heterocycles. The molecule has 3 aromatic carbocycles. The molecule has 1 nitrogen and oxygen atoms in total. The summed E-state index contributed by atoms with van der Waals surface area (Å²) >= 11 is 0. The van der Waals surface area contributed by atoms with Gasteiger partial charge in [-0.3, -0.25) is 0 Å². The number of hydrogen-bond acceptors (Lipinski definition) is 1. The van der Waals surface area contributed by atoms with Crippen LogP contribution in [0.25, 0.3) is 21.9 Å². The molecule has 0 atom stereocenters. The smallest absolute Gasteiger partial charge is 0.138 e. The highest BCUT2D eigenvalue weighted by Crippen LogP contribution is 2.30. The molecule has 3 aromatic rings. The van der Waals surface area contributed by atoms with E-state index >= 15 is 0 Å². The summed E-state index contributed by atoms with van der Waals surface area (Å²) in [6.07, 6.45) is 2.12. The fourth-order valence-electron chi connectivity index (χ4n) is 2.91. The zero-order chi connectivity index (χ0) is 16.2. The van der Waals surface area contributed by atoms with Crippen molar-refractivity contribution >= 4 is 10.8 Å². The molecular weight excluding hydrogens is 287 g/mol. The number of fused-ring (bicyclic) bond motifs is 1. The molecule has 118 valence electrons. The monoisotopic (exact) mass is 308 g/mol. The Morgan fingerprint density at radius 2 is 1.70 bits per heavy atom. The van der Waals surface area contributed by atoms with Crippen LogP contribution in [0.4, 0.5) is 4.39 Å². The number of aryl methyl sites for hydroxylation is 1. The van der Waals surface area contributed by atoms with Gasteiger partial charge >= 0.3 is 0 Å². The van der Waals surface area contributed by atoms with Gasteiger partial charge in [0.2, 0.25) is 0 Å². The summed E-state index contributed by atoms with van der Waals surface area (Å²) < 4.78 is 20.3. The van der Waals surface area contributed by atoms with Crippen LogP contribution in [0.2, 0.25) is 0 Å². The molecule has 0 aliphatic carbocycles. The molecule has 0 heterocycles. The third-order valence-electron chi connectivity index (χ3n) is 4.03. The second-order valence-electron chi connectivity index (χ2n) is 5.69. The Labute approximate surface area is 136 Å². The normalized spacial score (nSPS) is 10.9. The fraction of sp³-hybridized carbons (Fsp3) is 0.238. The van der Waals surface area contributed by atoms with Crippen LogP contribution in [0.3, 0.4) is 0 Å². The number of halogens is 1. The van der Waals surface area contributed by atoms with Crippen LogP contribution in [-0.2, 0) is 6.42 Å². The van der Waals surface area contributed by atoms with Gasteiger partial charge in [0.25, 0.3) is 0 Å². The van der Waals surface area contributed by atoms with Gasteiger partial charge in [-0.15, -0.1) is 0 Å². The summed E-state index contributed by atoms with van der Waals surface area (Å²) in [7, 11) is 0. The van der Waals surface area contributed by atoms with Crippen molar-refractivity contribution in [3.8, 4) is 16.9 Å². The van der Waals surface area contributed by atoms with Crippen molar-refractivity contribution in [2.24, 2.45) is 0 Å². The van der Waals surface area contributed by atoms with Crippen molar-refractivity contribution in [3.05, 3.63) is 66.0 Å². The maximum atomic E-state index is 14.9. The van der Waals surface area contributed by atoms with Crippen LogP contribution in [0.5, 0.6) is 5.75 Å². The maximum Gasteiger partial charge on any atom is 0.138 e. The molecule has 0 saturated carbocycles. The fourth-order valence-corrected chi connectivity index (χ4v) is 2.91. The molecule has 3 rings (SSSR count). The van der Waals surface area contributed by atoms with E-state index in [1.54, 1.807) is 0 Å². The maximum absolute atomic E-state index is 14.9. The lowest BCUT2D eigenvalue weighted by Gasteiger charge is -2.09. The van der Waals surface area contributed by atoms with E-state index in [9.17, 15) is 4.39 Å². The first-order valence-corrected chi connectivity index (χ1v) is 8.17. The average Bonchev–Trinajstić information content (AvgIpc) is 2.57. The molecule has 0 amide bonds. The highest BCUT2D eigenvalue weighted by molar-refractivity contribution is 5.88. The van der Waals surface area contributed by atoms with Crippen molar-refractivity contribution in [3.63, 3.8) is 0 Å². The van der Waals surface area contributed by atoms with Crippen LogP contribution in [0, 0.1) is 5.82 Å². The predicted molar refractivity (Wildman–Crippen MR) is 94.5 cm³/mol. The van der Waals surface area contributed by atoms with E-state index in [0.717, 1.165) is 29.5 Å². The highest BCUT2D eigenvalue weighted by Gasteiger charge is 2.10. The van der Waals surface area contributed by atoms with Crippen molar-refractivity contribution in [2.45, 2.75) is 26.7 Å². The number of hydrogen-bond donors (Lipinski definition) is 0. The van der Waals surface area contributed by atoms with E-state index in [1.165, 1.54) is 5.56 Å². The molecule has 0 radical (unpaired) electrons. The molecule has 0 saturated heterocycles. The lowest BCUT2D eigenvalue weighted by molar-refractivity contribution is 0.340. The minimum Gasteiger partial charge on any atom is -0.494 e. The van der Waals surface area contributed by atoms with Crippen LogP contribution >= 0.6 is 0 Å².